The average molecular weight is 346 g/mol. The summed E-state index contributed by atoms with van der Waals surface area (Å²) < 4.78 is 3.83. The van der Waals surface area contributed by atoms with Gasteiger partial charge in [-0.1, -0.05) is 0 Å². The quantitative estimate of drug-likeness (QED) is 0.244. The highest BCUT2D eigenvalue weighted by Gasteiger charge is 2.31. The third kappa shape index (κ3) is 1.50. The molecule has 0 fully saturated rings. The van der Waals surface area contributed by atoms with Crippen LogP contribution in [0.3, 0.4) is 0 Å². The van der Waals surface area contributed by atoms with E-state index in [1.54, 1.807) is 10.5 Å². The molecular formula is C19H16N5O2+. The van der Waals surface area contributed by atoms with Crippen molar-refractivity contribution in [3.05, 3.63) is 47.3 Å². The predicted octanol–water partition coefficient (Wildman–Crippen LogP) is 1.82. The highest BCUT2D eigenvalue weighted by molar-refractivity contribution is 6.14. The van der Waals surface area contributed by atoms with Crippen LogP contribution >= 0.6 is 0 Å². The number of carbonyl (C=O) groups is 1. The summed E-state index contributed by atoms with van der Waals surface area (Å²) in [5.41, 5.74) is 17.3. The van der Waals surface area contributed by atoms with Crippen molar-refractivity contribution < 1.29 is 14.3 Å². The van der Waals surface area contributed by atoms with Crippen LogP contribution in [0.4, 0.5) is 5.82 Å². The monoisotopic (exact) mass is 346 g/mol. The first-order chi connectivity index (χ1) is 12.4. The van der Waals surface area contributed by atoms with Gasteiger partial charge in [0.05, 0.1) is 5.52 Å². The second-order valence-corrected chi connectivity index (χ2v) is 6.57. The lowest BCUT2D eigenvalue weighted by Gasteiger charge is -2.13. The number of primary amides is 1. The molecule has 7 nitrogen and oxygen atoms in total. The van der Waals surface area contributed by atoms with Crippen LogP contribution in [0, 0.1) is 13.8 Å². The molecule has 7 heteroatoms. The predicted molar refractivity (Wildman–Crippen MR) is 98.6 cm³/mol. The van der Waals surface area contributed by atoms with E-state index in [2.05, 4.69) is 4.98 Å². The molecule has 1 aromatic carbocycles. The number of nitrogens with two attached hydrogens (primary N) is 2. The lowest BCUT2D eigenvalue weighted by molar-refractivity contribution is -0.461. The van der Waals surface area contributed by atoms with Crippen molar-refractivity contribution in [2.75, 3.05) is 5.73 Å². The highest BCUT2D eigenvalue weighted by atomic mass is 16.3. The number of anilines is 1. The maximum atomic E-state index is 12.1. The molecule has 5 aromatic rings. The van der Waals surface area contributed by atoms with Crippen LogP contribution in [0.2, 0.25) is 0 Å². The van der Waals surface area contributed by atoms with Crippen LogP contribution in [0.5, 0.6) is 5.75 Å². The summed E-state index contributed by atoms with van der Waals surface area (Å²) in [6.07, 6.45) is 1.95. The number of fused-ring (bicyclic) bond motifs is 3. The standard InChI is InChI=1S/C19H15N5O2/c1-8-12(25)6-5-11-15(8)24-17-14(13(18(24)20)19(21)26)22-9(2)10-4-3-7-23(11)16(10)17/h3-7,20H,1-2H3,(H3,21,25,26)/p+1. The van der Waals surface area contributed by atoms with Gasteiger partial charge in [0.2, 0.25) is 0 Å². The molecule has 4 heterocycles. The van der Waals surface area contributed by atoms with Crippen LogP contribution in [-0.4, -0.2) is 20.4 Å². The molecule has 0 saturated heterocycles. The number of phenols is 1. The molecule has 0 bridgehead atoms. The van der Waals surface area contributed by atoms with Crippen molar-refractivity contribution in [3.8, 4) is 5.75 Å². The minimum absolute atomic E-state index is 0.155. The van der Waals surface area contributed by atoms with Crippen LogP contribution < -0.4 is 15.9 Å². The van der Waals surface area contributed by atoms with Gasteiger partial charge in [0.1, 0.15) is 16.8 Å². The summed E-state index contributed by atoms with van der Waals surface area (Å²) in [5, 5.41) is 11.2. The van der Waals surface area contributed by atoms with Crippen molar-refractivity contribution in [1.82, 2.24) is 9.38 Å². The molecular weight excluding hydrogens is 330 g/mol. The molecule has 128 valence electrons. The van der Waals surface area contributed by atoms with Crippen LogP contribution in [0.15, 0.2) is 30.5 Å². The Bertz CT molecular complexity index is 1400. The molecule has 5 N–H and O–H groups in total. The van der Waals surface area contributed by atoms with Crippen LogP contribution in [0.25, 0.3) is 33.0 Å². The van der Waals surface area contributed by atoms with Crippen molar-refractivity contribution >= 4 is 44.7 Å². The van der Waals surface area contributed by atoms with Gasteiger partial charge in [0, 0.05) is 22.8 Å². The first-order valence-corrected chi connectivity index (χ1v) is 8.19. The van der Waals surface area contributed by atoms with E-state index < -0.39 is 5.91 Å². The molecule has 0 aliphatic heterocycles. The van der Waals surface area contributed by atoms with Gasteiger partial charge >= 0.3 is 0 Å². The number of aromatic nitrogens is 3. The van der Waals surface area contributed by atoms with E-state index in [4.69, 9.17) is 11.5 Å². The Hall–Kier alpha value is -3.61. The average Bonchev–Trinajstić information content (AvgIpc) is 2.90. The summed E-state index contributed by atoms with van der Waals surface area (Å²) in [4.78, 5) is 16.8. The van der Waals surface area contributed by atoms with E-state index >= 15 is 0 Å². The maximum Gasteiger partial charge on any atom is 0.293 e. The fourth-order valence-electron chi connectivity index (χ4n) is 4.00. The van der Waals surface area contributed by atoms with Gasteiger partial charge in [-0.05, 0) is 38.1 Å². The summed E-state index contributed by atoms with van der Waals surface area (Å²) in [5.74, 6) is -0.236. The summed E-state index contributed by atoms with van der Waals surface area (Å²) >= 11 is 0. The number of nitrogen functional groups attached to an aromatic ring is 1. The number of aromatic hydroxyl groups is 1. The van der Waals surface area contributed by atoms with Crippen LogP contribution in [-0.2, 0) is 0 Å². The van der Waals surface area contributed by atoms with E-state index in [1.165, 1.54) is 0 Å². The molecule has 0 radical (unpaired) electrons. The van der Waals surface area contributed by atoms with E-state index in [9.17, 15) is 9.90 Å². The number of phenolic OH excluding ortho intramolecular Hbond substituents is 1. The van der Waals surface area contributed by atoms with E-state index in [1.807, 2.05) is 42.6 Å². The molecule has 1 amide bonds. The lowest BCUT2D eigenvalue weighted by atomic mass is 10.1. The second-order valence-electron chi connectivity index (χ2n) is 6.57. The number of aryl methyl sites for hydroxylation is 2. The number of hydrogen-bond acceptors (Lipinski definition) is 4. The summed E-state index contributed by atoms with van der Waals surface area (Å²) in [6, 6.07) is 7.44. The van der Waals surface area contributed by atoms with Gasteiger partial charge in [0.25, 0.3) is 11.7 Å². The van der Waals surface area contributed by atoms with Gasteiger partial charge < -0.3 is 15.2 Å². The van der Waals surface area contributed by atoms with Crippen molar-refractivity contribution in [1.29, 1.82) is 0 Å². The Labute approximate surface area is 147 Å². The Morgan fingerprint density at radius 3 is 2.73 bits per heavy atom. The molecule has 5 rings (SSSR count). The highest BCUT2D eigenvalue weighted by Crippen LogP contribution is 2.34. The van der Waals surface area contributed by atoms with Gasteiger partial charge in [-0.3, -0.25) is 10.5 Å². The van der Waals surface area contributed by atoms with Gasteiger partial charge in [-0.15, -0.1) is 0 Å². The third-order valence-corrected chi connectivity index (χ3v) is 5.18. The van der Waals surface area contributed by atoms with E-state index in [-0.39, 0.29) is 17.1 Å². The zero-order valence-corrected chi connectivity index (χ0v) is 14.2. The minimum Gasteiger partial charge on any atom is -0.508 e. The van der Waals surface area contributed by atoms with E-state index in [0.29, 0.717) is 11.1 Å². The number of amides is 1. The fourth-order valence-corrected chi connectivity index (χ4v) is 4.00. The minimum atomic E-state index is -0.624. The normalized spacial score (nSPS) is 12.1. The Morgan fingerprint density at radius 1 is 1.23 bits per heavy atom. The molecule has 4 aromatic heterocycles. The zero-order chi connectivity index (χ0) is 18.3. The Kier molecular flexibility index (Phi) is 2.55. The number of carbonyl (C=O) groups excluding carboxylic acids is 1. The van der Waals surface area contributed by atoms with Gasteiger partial charge in [-0.25, -0.2) is 4.98 Å². The number of pyridine rings is 2. The van der Waals surface area contributed by atoms with E-state index in [0.717, 1.165) is 33.1 Å². The first-order valence-electron chi connectivity index (χ1n) is 8.19. The SMILES string of the molecule is Cc1nc2c(C(N)=O)c(N)[n+]3c4c(C)c(O)ccc4n4cccc1c4c23. The van der Waals surface area contributed by atoms with Crippen molar-refractivity contribution in [3.63, 3.8) is 0 Å². The first kappa shape index (κ1) is 14.7. The molecule has 0 aliphatic rings. The zero-order valence-electron chi connectivity index (χ0n) is 14.2. The Balaban J connectivity index is 2.30. The molecule has 0 aliphatic carbocycles. The molecule has 0 atom stereocenters. The molecule has 0 unspecified atom stereocenters. The smallest absolute Gasteiger partial charge is 0.293 e. The number of benzene rings is 1. The summed E-state index contributed by atoms with van der Waals surface area (Å²) in [7, 11) is 0. The maximum absolute atomic E-state index is 12.1. The fraction of sp³-hybridized carbons (Fsp3) is 0.105. The van der Waals surface area contributed by atoms with Crippen LogP contribution in [0.1, 0.15) is 21.6 Å². The topological polar surface area (TPSA) is 111 Å². The van der Waals surface area contributed by atoms with Gasteiger partial charge in [0.15, 0.2) is 16.6 Å². The number of nitrogens with zero attached hydrogens (tertiary/aromatic N) is 3. The van der Waals surface area contributed by atoms with Crippen molar-refractivity contribution in [2.24, 2.45) is 5.73 Å². The molecule has 0 saturated carbocycles. The van der Waals surface area contributed by atoms with Crippen molar-refractivity contribution in [2.45, 2.75) is 13.8 Å². The Morgan fingerprint density at radius 2 is 2.00 bits per heavy atom. The second kappa shape index (κ2) is 4.51. The third-order valence-electron chi connectivity index (χ3n) is 5.18. The van der Waals surface area contributed by atoms with Gasteiger partial charge in [-0.2, -0.15) is 4.40 Å². The summed E-state index contributed by atoms with van der Waals surface area (Å²) in [6.45, 7) is 3.71. The number of hydrogen-bond donors (Lipinski definition) is 3. The largest absolute Gasteiger partial charge is 0.508 e. The molecule has 26 heavy (non-hydrogen) atoms. The molecule has 0 spiro atoms. The lowest BCUT2D eigenvalue weighted by Crippen LogP contribution is -2.28. The number of rotatable bonds is 1.